The number of hydrogen-bond acceptors (Lipinski definition) is 4. The van der Waals surface area contributed by atoms with Crippen LogP contribution in [0.1, 0.15) is 6.92 Å². The van der Waals surface area contributed by atoms with Crippen LogP contribution in [0.2, 0.25) is 10.0 Å². The van der Waals surface area contributed by atoms with Crippen LogP contribution >= 0.6 is 35.0 Å². The van der Waals surface area contributed by atoms with E-state index in [1.54, 1.807) is 25.1 Å². The Labute approximate surface area is 130 Å². The molecule has 1 aromatic rings. The number of rotatable bonds is 3. The average molecular weight is 332 g/mol. The molecule has 5 nitrogen and oxygen atoms in total. The molecule has 1 atom stereocenters. The number of benzene rings is 1. The number of carbonyl (C=O) groups excluding carboxylic acids is 2. The number of hydrogen-bond donors (Lipinski definition) is 2. The van der Waals surface area contributed by atoms with E-state index >= 15 is 0 Å². The van der Waals surface area contributed by atoms with Crippen LogP contribution in [0.25, 0.3) is 0 Å². The first kappa shape index (κ1) is 15.2. The third-order valence-corrected chi connectivity index (χ3v) is 4.28. The SMILES string of the molecule is CC(Sc1cc(Cl)ccc1Cl)C(=O)NC1=NCC(=O)N1. The van der Waals surface area contributed by atoms with Gasteiger partial charge in [-0.15, -0.1) is 11.8 Å². The molecule has 2 N–H and O–H groups in total. The molecule has 2 amide bonds. The van der Waals surface area contributed by atoms with Gasteiger partial charge in [0.25, 0.3) is 0 Å². The van der Waals surface area contributed by atoms with Crippen LogP contribution in [0.15, 0.2) is 28.1 Å². The highest BCUT2D eigenvalue weighted by atomic mass is 35.5. The summed E-state index contributed by atoms with van der Waals surface area (Å²) in [4.78, 5) is 27.5. The van der Waals surface area contributed by atoms with Gasteiger partial charge in [-0.1, -0.05) is 23.2 Å². The summed E-state index contributed by atoms with van der Waals surface area (Å²) >= 11 is 13.2. The predicted molar refractivity (Wildman–Crippen MR) is 80.4 cm³/mol. The number of halogens is 2. The summed E-state index contributed by atoms with van der Waals surface area (Å²) in [5.41, 5.74) is 0. The number of carbonyl (C=O) groups is 2. The number of aliphatic imine (C=N–C) groups is 1. The maximum atomic E-state index is 12.0. The van der Waals surface area contributed by atoms with Crippen molar-refractivity contribution in [2.45, 2.75) is 17.1 Å². The van der Waals surface area contributed by atoms with Crippen LogP contribution in [0, 0.1) is 0 Å². The van der Waals surface area contributed by atoms with Crippen molar-refractivity contribution in [3.05, 3.63) is 28.2 Å². The summed E-state index contributed by atoms with van der Waals surface area (Å²) in [5, 5.41) is 5.67. The molecule has 0 saturated carbocycles. The topological polar surface area (TPSA) is 70.6 Å². The molecule has 0 aliphatic carbocycles. The lowest BCUT2D eigenvalue weighted by Crippen LogP contribution is -2.43. The second kappa shape index (κ2) is 6.47. The van der Waals surface area contributed by atoms with Crippen LogP contribution < -0.4 is 10.6 Å². The summed E-state index contributed by atoms with van der Waals surface area (Å²) in [6.07, 6.45) is 0. The van der Waals surface area contributed by atoms with E-state index < -0.39 is 5.25 Å². The predicted octanol–water partition coefficient (Wildman–Crippen LogP) is 2.08. The summed E-state index contributed by atoms with van der Waals surface area (Å²) in [6, 6.07) is 5.06. The van der Waals surface area contributed by atoms with Gasteiger partial charge in [0.1, 0.15) is 6.54 Å². The van der Waals surface area contributed by atoms with Gasteiger partial charge in [-0.3, -0.25) is 20.2 Å². The Kier molecular flexibility index (Phi) is 4.91. The minimum Gasteiger partial charge on any atom is -0.295 e. The zero-order valence-electron chi connectivity index (χ0n) is 10.4. The van der Waals surface area contributed by atoms with E-state index in [1.165, 1.54) is 11.8 Å². The molecule has 0 saturated heterocycles. The van der Waals surface area contributed by atoms with Crippen LogP contribution in [-0.4, -0.2) is 29.6 Å². The van der Waals surface area contributed by atoms with Gasteiger partial charge >= 0.3 is 0 Å². The van der Waals surface area contributed by atoms with Gasteiger partial charge < -0.3 is 0 Å². The highest BCUT2D eigenvalue weighted by Gasteiger charge is 2.20. The van der Waals surface area contributed by atoms with Crippen molar-refractivity contribution in [2.24, 2.45) is 4.99 Å². The van der Waals surface area contributed by atoms with Crippen LogP contribution in [0.4, 0.5) is 0 Å². The van der Waals surface area contributed by atoms with E-state index in [0.29, 0.717) is 10.0 Å². The highest BCUT2D eigenvalue weighted by molar-refractivity contribution is 8.00. The lowest BCUT2D eigenvalue weighted by atomic mass is 10.4. The minimum absolute atomic E-state index is 0.0389. The van der Waals surface area contributed by atoms with Crippen LogP contribution in [-0.2, 0) is 9.59 Å². The molecule has 0 fully saturated rings. The molecule has 1 aliphatic rings. The fourth-order valence-electron chi connectivity index (χ4n) is 1.46. The molecule has 20 heavy (non-hydrogen) atoms. The molecule has 0 bridgehead atoms. The Bertz CT molecular complexity index is 592. The number of nitrogens with one attached hydrogen (secondary N) is 2. The first-order valence-electron chi connectivity index (χ1n) is 5.72. The lowest BCUT2D eigenvalue weighted by molar-refractivity contribution is -0.118. The Morgan fingerprint density at radius 2 is 2.25 bits per heavy atom. The van der Waals surface area contributed by atoms with Crippen molar-refractivity contribution in [3.8, 4) is 0 Å². The van der Waals surface area contributed by atoms with Gasteiger partial charge in [-0.05, 0) is 25.1 Å². The molecule has 1 unspecified atom stereocenters. The van der Waals surface area contributed by atoms with E-state index in [4.69, 9.17) is 23.2 Å². The highest BCUT2D eigenvalue weighted by Crippen LogP contribution is 2.32. The molecule has 0 radical (unpaired) electrons. The first-order chi connectivity index (χ1) is 9.45. The largest absolute Gasteiger partial charge is 0.295 e. The smallest absolute Gasteiger partial charge is 0.248 e. The fraction of sp³-hybridized carbons (Fsp3) is 0.250. The monoisotopic (exact) mass is 331 g/mol. The summed E-state index contributed by atoms with van der Waals surface area (Å²) in [5.74, 6) is -0.324. The van der Waals surface area contributed by atoms with Gasteiger partial charge in [-0.25, -0.2) is 4.99 Å². The van der Waals surface area contributed by atoms with Gasteiger partial charge in [0.15, 0.2) is 0 Å². The van der Waals surface area contributed by atoms with Crippen LogP contribution in [0.5, 0.6) is 0 Å². The molecule has 1 heterocycles. The first-order valence-corrected chi connectivity index (χ1v) is 7.36. The molecule has 8 heteroatoms. The van der Waals surface area contributed by atoms with Gasteiger partial charge in [0.05, 0.1) is 10.3 Å². The number of guanidine groups is 1. The van der Waals surface area contributed by atoms with Gasteiger partial charge in [-0.2, -0.15) is 0 Å². The number of amides is 2. The minimum atomic E-state index is -0.411. The zero-order chi connectivity index (χ0) is 14.7. The van der Waals surface area contributed by atoms with E-state index in [-0.39, 0.29) is 24.3 Å². The normalized spacial score (nSPS) is 15.6. The molecule has 1 aromatic carbocycles. The Balaban J connectivity index is 1.97. The van der Waals surface area contributed by atoms with E-state index in [2.05, 4.69) is 15.6 Å². The standard InChI is InChI=1S/C12H11Cl2N3O2S/c1-6(11(19)17-12-15-5-10(18)16-12)20-9-4-7(13)2-3-8(9)14/h2-4,6H,5H2,1H3,(H2,15,16,17,18,19). The molecular weight excluding hydrogens is 321 g/mol. The maximum absolute atomic E-state index is 12.0. The van der Waals surface area contributed by atoms with E-state index in [0.717, 1.165) is 4.90 Å². The van der Waals surface area contributed by atoms with Crippen molar-refractivity contribution in [1.29, 1.82) is 0 Å². The molecule has 1 aliphatic heterocycles. The van der Waals surface area contributed by atoms with Gasteiger partial charge in [0, 0.05) is 9.92 Å². The Morgan fingerprint density at radius 3 is 2.90 bits per heavy atom. The van der Waals surface area contributed by atoms with E-state index in [1.807, 2.05) is 0 Å². The fourth-order valence-corrected chi connectivity index (χ4v) is 2.87. The Hall–Kier alpha value is -1.24. The zero-order valence-corrected chi connectivity index (χ0v) is 12.8. The third-order valence-electron chi connectivity index (χ3n) is 2.45. The molecule has 0 aromatic heterocycles. The molecule has 2 rings (SSSR count). The number of thioether (sulfide) groups is 1. The van der Waals surface area contributed by atoms with Crippen LogP contribution in [0.3, 0.4) is 0 Å². The van der Waals surface area contributed by atoms with Crippen molar-refractivity contribution >= 4 is 52.7 Å². The second-order valence-corrected chi connectivity index (χ2v) is 6.26. The molecule has 106 valence electrons. The van der Waals surface area contributed by atoms with Crippen molar-refractivity contribution in [2.75, 3.05) is 6.54 Å². The summed E-state index contributed by atoms with van der Waals surface area (Å²) < 4.78 is 0. The van der Waals surface area contributed by atoms with Crippen molar-refractivity contribution < 1.29 is 9.59 Å². The molecular formula is C12H11Cl2N3O2S. The average Bonchev–Trinajstić information content (AvgIpc) is 2.79. The molecule has 0 spiro atoms. The number of nitrogens with zero attached hydrogens (tertiary/aromatic N) is 1. The van der Waals surface area contributed by atoms with Crippen molar-refractivity contribution in [1.82, 2.24) is 10.6 Å². The van der Waals surface area contributed by atoms with Crippen molar-refractivity contribution in [3.63, 3.8) is 0 Å². The summed E-state index contributed by atoms with van der Waals surface area (Å²) in [6.45, 7) is 1.77. The van der Waals surface area contributed by atoms with Gasteiger partial charge in [0.2, 0.25) is 17.8 Å². The summed E-state index contributed by atoms with van der Waals surface area (Å²) in [7, 11) is 0. The lowest BCUT2D eigenvalue weighted by Gasteiger charge is -2.12. The van der Waals surface area contributed by atoms with E-state index in [9.17, 15) is 9.59 Å². The maximum Gasteiger partial charge on any atom is 0.248 e. The second-order valence-electron chi connectivity index (χ2n) is 4.04. The third kappa shape index (κ3) is 3.88. The quantitative estimate of drug-likeness (QED) is 0.833. The Morgan fingerprint density at radius 1 is 1.50 bits per heavy atom.